The number of aryl methyl sites for hydroxylation is 2. The molecule has 0 atom stereocenters. The van der Waals surface area contributed by atoms with Gasteiger partial charge in [0.05, 0.1) is 14.2 Å². The van der Waals surface area contributed by atoms with E-state index in [4.69, 9.17) is 9.47 Å². The Morgan fingerprint density at radius 1 is 0.413 bits per heavy atom. The second kappa shape index (κ2) is 11.1. The normalized spacial score (nSPS) is 11.7. The van der Waals surface area contributed by atoms with Gasteiger partial charge in [0.25, 0.3) is 0 Å². The molecular weight excluding hydrogens is 564 g/mol. The van der Waals surface area contributed by atoms with E-state index in [-0.39, 0.29) is 0 Å². The predicted molar refractivity (Wildman–Crippen MR) is 193 cm³/mol. The van der Waals surface area contributed by atoms with E-state index < -0.39 is 0 Å². The molecule has 8 rings (SSSR count). The lowest BCUT2D eigenvalue weighted by molar-refractivity contribution is 0.410. The van der Waals surface area contributed by atoms with Gasteiger partial charge in [-0.2, -0.15) is 0 Å². The quantitative estimate of drug-likeness (QED) is 0.182. The molecule has 0 N–H and O–H groups in total. The Kier molecular flexibility index (Phi) is 6.79. The number of fused-ring (bicyclic) bond motifs is 6. The first kappa shape index (κ1) is 28.0. The Morgan fingerprint density at radius 3 is 1.20 bits per heavy atom. The molecule has 0 unspecified atom stereocenters. The highest BCUT2D eigenvalue weighted by atomic mass is 16.5. The summed E-state index contributed by atoms with van der Waals surface area (Å²) in [6, 6.07) is 43.8. The summed E-state index contributed by atoms with van der Waals surface area (Å²) in [4.78, 5) is 0. The van der Waals surface area contributed by atoms with Crippen LogP contribution in [0.25, 0.3) is 77.0 Å². The van der Waals surface area contributed by atoms with Gasteiger partial charge in [-0.25, -0.2) is 0 Å². The molecule has 8 aromatic rings. The van der Waals surface area contributed by atoms with Gasteiger partial charge in [0.2, 0.25) is 0 Å². The first-order chi connectivity index (χ1) is 22.6. The maximum atomic E-state index is 6.00. The van der Waals surface area contributed by atoms with Gasteiger partial charge in [-0.1, -0.05) is 60.7 Å². The summed E-state index contributed by atoms with van der Waals surface area (Å²) in [5.74, 6) is 1.63. The third-order valence-corrected chi connectivity index (χ3v) is 9.54. The number of hydrogen-bond acceptors (Lipinski definition) is 2. The molecule has 0 spiro atoms. The summed E-state index contributed by atoms with van der Waals surface area (Å²) in [5, 5.41) is 5.11. The third-order valence-electron chi connectivity index (χ3n) is 9.54. The Labute approximate surface area is 269 Å². The number of rotatable bonds is 7. The third kappa shape index (κ3) is 4.28. The van der Waals surface area contributed by atoms with Gasteiger partial charge in [-0.3, -0.25) is 0 Å². The lowest BCUT2D eigenvalue weighted by atomic mass is 9.95. The number of nitrogens with zero attached hydrogens (tertiary/aromatic N) is 2. The molecule has 0 radical (unpaired) electrons. The van der Waals surface area contributed by atoms with Gasteiger partial charge in [-0.15, -0.1) is 0 Å². The van der Waals surface area contributed by atoms with Crippen LogP contribution in [-0.2, 0) is 13.1 Å². The minimum atomic E-state index is 0.813. The number of benzene rings is 6. The van der Waals surface area contributed by atoms with Crippen LogP contribution in [0.3, 0.4) is 0 Å². The lowest BCUT2D eigenvalue weighted by Crippen LogP contribution is -1.94. The lowest BCUT2D eigenvalue weighted by Gasteiger charge is -2.16. The van der Waals surface area contributed by atoms with Crippen LogP contribution in [0.1, 0.15) is 13.8 Å². The van der Waals surface area contributed by atoms with Gasteiger partial charge in [0.1, 0.15) is 11.5 Å². The number of methoxy groups -OCH3 is 2. The van der Waals surface area contributed by atoms with Crippen LogP contribution in [-0.4, -0.2) is 23.4 Å². The van der Waals surface area contributed by atoms with Crippen molar-refractivity contribution in [1.29, 1.82) is 0 Å². The molecule has 0 aliphatic heterocycles. The number of para-hydroxylation sites is 2. The zero-order valence-corrected chi connectivity index (χ0v) is 26.7. The molecule has 0 amide bonds. The van der Waals surface area contributed by atoms with Crippen LogP contribution in [0, 0.1) is 0 Å². The highest BCUT2D eigenvalue weighted by Gasteiger charge is 2.17. The monoisotopic (exact) mass is 600 g/mol. The van der Waals surface area contributed by atoms with Gasteiger partial charge in [0.15, 0.2) is 0 Å². The van der Waals surface area contributed by atoms with Crippen molar-refractivity contribution in [2.45, 2.75) is 26.9 Å². The van der Waals surface area contributed by atoms with E-state index in [1.54, 1.807) is 14.2 Å². The summed E-state index contributed by atoms with van der Waals surface area (Å²) in [6.45, 7) is 6.28. The van der Waals surface area contributed by atoms with E-state index in [1.165, 1.54) is 54.7 Å². The zero-order valence-electron chi connectivity index (χ0n) is 26.7. The van der Waals surface area contributed by atoms with E-state index in [9.17, 15) is 0 Å². The van der Waals surface area contributed by atoms with Crippen molar-refractivity contribution < 1.29 is 9.47 Å². The van der Waals surface area contributed by atoms with Crippen LogP contribution < -0.4 is 9.47 Å². The molecule has 4 nitrogen and oxygen atoms in total. The number of aromatic nitrogens is 2. The van der Waals surface area contributed by atoms with Gasteiger partial charge < -0.3 is 18.6 Å². The fourth-order valence-electron chi connectivity index (χ4n) is 7.33. The minimum Gasteiger partial charge on any atom is -0.496 e. The van der Waals surface area contributed by atoms with E-state index in [0.29, 0.717) is 0 Å². The maximum Gasteiger partial charge on any atom is 0.127 e. The smallest absolute Gasteiger partial charge is 0.127 e. The number of hydrogen-bond donors (Lipinski definition) is 0. The van der Waals surface area contributed by atoms with Gasteiger partial charge >= 0.3 is 0 Å². The molecule has 4 heteroatoms. The van der Waals surface area contributed by atoms with Crippen LogP contribution in [0.5, 0.6) is 11.5 Å². The standard InChI is InChI=1S/C42H36N2O2/c1-5-43-37-13-9-7-11-31(37)35-23-27(17-21-39(35)43)29-15-19-33(41(25-29)45-3)34-20-16-30(26-42(34)46-4)28-18-22-40-36(24-28)32-12-8-10-14-38(32)44(40)6-2/h7-26H,5-6H2,1-4H3. The first-order valence-electron chi connectivity index (χ1n) is 16.0. The van der Waals surface area contributed by atoms with E-state index in [0.717, 1.165) is 46.8 Å². The molecular formula is C42H36N2O2. The molecule has 0 bridgehead atoms. The van der Waals surface area contributed by atoms with Crippen molar-refractivity contribution in [1.82, 2.24) is 9.13 Å². The fraction of sp³-hybridized carbons (Fsp3) is 0.143. The van der Waals surface area contributed by atoms with Crippen LogP contribution in [0.15, 0.2) is 121 Å². The maximum absolute atomic E-state index is 6.00. The molecule has 226 valence electrons. The van der Waals surface area contributed by atoms with E-state index >= 15 is 0 Å². The molecule has 0 saturated heterocycles. The first-order valence-corrected chi connectivity index (χ1v) is 16.0. The highest BCUT2D eigenvalue weighted by Crippen LogP contribution is 2.42. The molecule has 0 aliphatic carbocycles. The topological polar surface area (TPSA) is 28.3 Å². The van der Waals surface area contributed by atoms with Crippen LogP contribution in [0.2, 0.25) is 0 Å². The molecule has 2 heterocycles. The summed E-state index contributed by atoms with van der Waals surface area (Å²) in [6.07, 6.45) is 0. The fourth-order valence-corrected chi connectivity index (χ4v) is 7.33. The number of ether oxygens (including phenoxy) is 2. The minimum absolute atomic E-state index is 0.813. The van der Waals surface area contributed by atoms with Gasteiger partial charge in [-0.05, 0) is 96.8 Å². The summed E-state index contributed by atoms with van der Waals surface area (Å²) < 4.78 is 16.8. The highest BCUT2D eigenvalue weighted by molar-refractivity contribution is 6.10. The Morgan fingerprint density at radius 2 is 0.783 bits per heavy atom. The summed E-state index contributed by atoms with van der Waals surface area (Å²) >= 11 is 0. The van der Waals surface area contributed by atoms with Crippen molar-refractivity contribution in [2.24, 2.45) is 0 Å². The Bertz CT molecular complexity index is 2260. The largest absolute Gasteiger partial charge is 0.496 e. The van der Waals surface area contributed by atoms with Crippen molar-refractivity contribution in [3.05, 3.63) is 121 Å². The van der Waals surface area contributed by atoms with Crippen LogP contribution >= 0.6 is 0 Å². The van der Waals surface area contributed by atoms with E-state index in [2.05, 4.69) is 144 Å². The van der Waals surface area contributed by atoms with Crippen molar-refractivity contribution >= 4 is 43.6 Å². The van der Waals surface area contributed by atoms with Crippen molar-refractivity contribution in [2.75, 3.05) is 14.2 Å². The Balaban J connectivity index is 1.19. The molecule has 0 aliphatic rings. The van der Waals surface area contributed by atoms with Gasteiger partial charge in [0, 0.05) is 67.8 Å². The average Bonchev–Trinajstić information content (AvgIpc) is 3.62. The average molecular weight is 601 g/mol. The predicted octanol–water partition coefficient (Wildman–Crippen LogP) is 11.0. The summed E-state index contributed by atoms with van der Waals surface area (Å²) in [5.41, 5.74) is 11.6. The van der Waals surface area contributed by atoms with E-state index in [1.807, 2.05) is 0 Å². The molecule has 46 heavy (non-hydrogen) atoms. The van der Waals surface area contributed by atoms with Crippen LogP contribution in [0.4, 0.5) is 0 Å². The SMILES string of the molecule is CCn1c2ccccc2c2cc(-c3ccc(-c4ccc(-c5ccc6c(c5)c5ccccc5n6CC)cc4OC)c(OC)c3)ccc21. The Hall–Kier alpha value is -5.48. The molecule has 0 fully saturated rings. The summed E-state index contributed by atoms with van der Waals surface area (Å²) in [7, 11) is 3.48. The van der Waals surface area contributed by atoms with Crippen molar-refractivity contribution in [3.63, 3.8) is 0 Å². The zero-order chi connectivity index (χ0) is 31.4. The second-order valence-electron chi connectivity index (χ2n) is 11.8. The molecule has 0 saturated carbocycles. The second-order valence-corrected chi connectivity index (χ2v) is 11.8. The van der Waals surface area contributed by atoms with Crippen molar-refractivity contribution in [3.8, 4) is 44.9 Å². The molecule has 2 aromatic heterocycles. The molecule has 6 aromatic carbocycles.